The minimum atomic E-state index is 0.113. The van der Waals surface area contributed by atoms with Gasteiger partial charge in [0.1, 0.15) is 0 Å². The second-order valence-corrected chi connectivity index (χ2v) is 3.09. The molecule has 0 amide bonds. The summed E-state index contributed by atoms with van der Waals surface area (Å²) in [5.41, 5.74) is 1.79. The monoisotopic (exact) mass is 147 g/mol. The van der Waals surface area contributed by atoms with Crippen LogP contribution in [-0.2, 0) is 0 Å². The standard InChI is InChI=1S/C5H6ClNS/c1-4(6)5-2-7-3-8-5/h2-4H,1H3. The average Bonchev–Trinajstić information content (AvgIpc) is 2.12. The summed E-state index contributed by atoms with van der Waals surface area (Å²) in [6, 6.07) is 0. The zero-order valence-electron chi connectivity index (χ0n) is 4.47. The number of alkyl halides is 1. The van der Waals surface area contributed by atoms with E-state index in [1.54, 1.807) is 23.0 Å². The fraction of sp³-hybridized carbons (Fsp3) is 0.400. The van der Waals surface area contributed by atoms with Crippen molar-refractivity contribution >= 4 is 22.9 Å². The van der Waals surface area contributed by atoms with Gasteiger partial charge >= 0.3 is 0 Å². The number of thiazole rings is 1. The summed E-state index contributed by atoms with van der Waals surface area (Å²) >= 11 is 7.30. The molecule has 0 radical (unpaired) electrons. The molecular weight excluding hydrogens is 142 g/mol. The Balaban J connectivity index is 2.77. The molecule has 8 heavy (non-hydrogen) atoms. The van der Waals surface area contributed by atoms with Crippen LogP contribution in [0.15, 0.2) is 11.7 Å². The van der Waals surface area contributed by atoms with Crippen molar-refractivity contribution < 1.29 is 0 Å². The van der Waals surface area contributed by atoms with E-state index in [0.717, 1.165) is 4.88 Å². The third-order valence-corrected chi connectivity index (χ3v) is 2.17. The number of nitrogens with zero attached hydrogens (tertiary/aromatic N) is 1. The van der Waals surface area contributed by atoms with Gasteiger partial charge in [0.15, 0.2) is 0 Å². The average molecular weight is 148 g/mol. The van der Waals surface area contributed by atoms with E-state index in [1.165, 1.54) is 0 Å². The van der Waals surface area contributed by atoms with Crippen molar-refractivity contribution in [3.05, 3.63) is 16.6 Å². The van der Waals surface area contributed by atoms with E-state index in [4.69, 9.17) is 11.6 Å². The maximum absolute atomic E-state index is 5.71. The van der Waals surface area contributed by atoms with Crippen LogP contribution in [-0.4, -0.2) is 4.98 Å². The molecule has 0 aliphatic rings. The Bertz CT molecular complexity index is 147. The first-order valence-corrected chi connectivity index (χ1v) is 3.65. The normalized spacial score (nSPS) is 13.8. The first-order valence-electron chi connectivity index (χ1n) is 2.33. The van der Waals surface area contributed by atoms with Crippen molar-refractivity contribution in [2.45, 2.75) is 12.3 Å². The summed E-state index contributed by atoms with van der Waals surface area (Å²) in [7, 11) is 0. The van der Waals surface area contributed by atoms with Crippen molar-refractivity contribution in [2.24, 2.45) is 0 Å². The van der Waals surface area contributed by atoms with E-state index >= 15 is 0 Å². The molecule has 1 aromatic heterocycles. The maximum atomic E-state index is 5.71. The Morgan fingerprint density at radius 1 is 1.88 bits per heavy atom. The molecular formula is C5H6ClNS. The number of rotatable bonds is 1. The number of hydrogen-bond acceptors (Lipinski definition) is 2. The van der Waals surface area contributed by atoms with E-state index in [-0.39, 0.29) is 5.38 Å². The van der Waals surface area contributed by atoms with Gasteiger partial charge in [-0.05, 0) is 6.92 Å². The molecule has 1 rings (SSSR count). The fourth-order valence-corrected chi connectivity index (χ4v) is 1.19. The molecule has 1 heterocycles. The SMILES string of the molecule is CC(Cl)c1cncs1. The highest BCUT2D eigenvalue weighted by Gasteiger charge is 1.99. The van der Waals surface area contributed by atoms with E-state index in [2.05, 4.69) is 4.98 Å². The van der Waals surface area contributed by atoms with Crippen LogP contribution < -0.4 is 0 Å². The van der Waals surface area contributed by atoms with Crippen molar-refractivity contribution in [1.82, 2.24) is 4.98 Å². The van der Waals surface area contributed by atoms with E-state index in [9.17, 15) is 0 Å². The highest BCUT2D eigenvalue weighted by atomic mass is 35.5. The minimum Gasteiger partial charge on any atom is -0.253 e. The first kappa shape index (κ1) is 6.05. The third kappa shape index (κ3) is 1.20. The molecule has 44 valence electrons. The van der Waals surface area contributed by atoms with Gasteiger partial charge in [0.2, 0.25) is 0 Å². The Morgan fingerprint density at radius 2 is 2.62 bits per heavy atom. The lowest BCUT2D eigenvalue weighted by atomic mass is 10.4. The van der Waals surface area contributed by atoms with Gasteiger partial charge in [-0.2, -0.15) is 0 Å². The number of halogens is 1. The van der Waals surface area contributed by atoms with Gasteiger partial charge in [0.05, 0.1) is 10.9 Å². The van der Waals surface area contributed by atoms with Crippen LogP contribution in [0.25, 0.3) is 0 Å². The van der Waals surface area contributed by atoms with Crippen LogP contribution in [0.2, 0.25) is 0 Å². The molecule has 0 aromatic carbocycles. The first-order chi connectivity index (χ1) is 3.80. The molecule has 1 aromatic rings. The second-order valence-electron chi connectivity index (χ2n) is 1.52. The van der Waals surface area contributed by atoms with E-state index < -0.39 is 0 Å². The summed E-state index contributed by atoms with van der Waals surface area (Å²) in [5.74, 6) is 0. The molecule has 0 aliphatic carbocycles. The summed E-state index contributed by atoms with van der Waals surface area (Å²) in [6.07, 6.45) is 1.79. The molecule has 0 saturated heterocycles. The van der Waals surface area contributed by atoms with Crippen LogP contribution in [0.1, 0.15) is 17.2 Å². The molecule has 1 nitrogen and oxygen atoms in total. The Morgan fingerprint density at radius 3 is 2.88 bits per heavy atom. The van der Waals surface area contributed by atoms with Gasteiger partial charge < -0.3 is 0 Å². The van der Waals surface area contributed by atoms with E-state index in [1.807, 2.05) is 6.92 Å². The van der Waals surface area contributed by atoms with Gasteiger partial charge in [-0.1, -0.05) is 0 Å². The van der Waals surface area contributed by atoms with Crippen LogP contribution in [0, 0.1) is 0 Å². The molecule has 1 unspecified atom stereocenters. The van der Waals surface area contributed by atoms with Crippen LogP contribution in [0.5, 0.6) is 0 Å². The molecule has 1 atom stereocenters. The predicted molar refractivity (Wildman–Crippen MR) is 36.4 cm³/mol. The highest BCUT2D eigenvalue weighted by Crippen LogP contribution is 2.21. The molecule has 0 spiro atoms. The summed E-state index contributed by atoms with van der Waals surface area (Å²) in [6.45, 7) is 1.94. The van der Waals surface area contributed by atoms with Gasteiger partial charge in [0, 0.05) is 11.1 Å². The largest absolute Gasteiger partial charge is 0.253 e. The molecule has 0 aliphatic heterocycles. The Hall–Kier alpha value is -0.0800. The van der Waals surface area contributed by atoms with Crippen molar-refractivity contribution in [1.29, 1.82) is 0 Å². The summed E-state index contributed by atoms with van der Waals surface area (Å²) in [4.78, 5) is 5.01. The molecule has 0 N–H and O–H groups in total. The fourth-order valence-electron chi connectivity index (χ4n) is 0.422. The lowest BCUT2D eigenvalue weighted by Crippen LogP contribution is -1.73. The number of aromatic nitrogens is 1. The van der Waals surface area contributed by atoms with Crippen molar-refractivity contribution in [3.63, 3.8) is 0 Å². The zero-order valence-corrected chi connectivity index (χ0v) is 6.04. The van der Waals surface area contributed by atoms with Crippen LogP contribution >= 0.6 is 22.9 Å². The quantitative estimate of drug-likeness (QED) is 0.556. The third-order valence-electron chi connectivity index (χ3n) is 0.843. The predicted octanol–water partition coefficient (Wildman–Crippen LogP) is 2.44. The molecule has 0 fully saturated rings. The van der Waals surface area contributed by atoms with Crippen LogP contribution in [0.4, 0.5) is 0 Å². The molecule has 0 saturated carbocycles. The summed E-state index contributed by atoms with van der Waals surface area (Å²) in [5, 5.41) is 0.113. The minimum absolute atomic E-state index is 0.113. The van der Waals surface area contributed by atoms with Gasteiger partial charge in [-0.25, -0.2) is 0 Å². The molecule has 0 bridgehead atoms. The lowest BCUT2D eigenvalue weighted by Gasteiger charge is -1.91. The maximum Gasteiger partial charge on any atom is 0.0794 e. The van der Waals surface area contributed by atoms with E-state index in [0.29, 0.717) is 0 Å². The lowest BCUT2D eigenvalue weighted by molar-refractivity contribution is 1.11. The van der Waals surface area contributed by atoms with Gasteiger partial charge in [-0.3, -0.25) is 4.98 Å². The second kappa shape index (κ2) is 2.46. The van der Waals surface area contributed by atoms with Crippen molar-refractivity contribution in [2.75, 3.05) is 0 Å². The Kier molecular flexibility index (Phi) is 1.86. The number of hydrogen-bond donors (Lipinski definition) is 0. The summed E-state index contributed by atoms with van der Waals surface area (Å²) < 4.78 is 0. The Labute approximate surface area is 57.3 Å². The zero-order chi connectivity index (χ0) is 5.98. The van der Waals surface area contributed by atoms with Crippen molar-refractivity contribution in [3.8, 4) is 0 Å². The smallest absolute Gasteiger partial charge is 0.0794 e. The van der Waals surface area contributed by atoms with Gasteiger partial charge in [0.25, 0.3) is 0 Å². The van der Waals surface area contributed by atoms with Gasteiger partial charge in [-0.15, -0.1) is 22.9 Å². The van der Waals surface area contributed by atoms with Crippen LogP contribution in [0.3, 0.4) is 0 Å². The highest BCUT2D eigenvalue weighted by molar-refractivity contribution is 7.09. The molecule has 3 heteroatoms. The topological polar surface area (TPSA) is 12.9 Å².